The third-order valence-corrected chi connectivity index (χ3v) is 3.57. The average Bonchev–Trinajstić information content (AvgIpc) is 2.47. The summed E-state index contributed by atoms with van der Waals surface area (Å²) < 4.78 is 0. The number of amides is 1. The molecule has 110 valence electrons. The second kappa shape index (κ2) is 6.50. The highest BCUT2D eigenvalue weighted by atomic mass is 16.1. The van der Waals surface area contributed by atoms with Gasteiger partial charge in [-0.15, -0.1) is 0 Å². The molecule has 2 rings (SSSR count). The fraction of sp³-hybridized carbons (Fsp3) is 0.294. The molecule has 0 spiro atoms. The second-order valence-electron chi connectivity index (χ2n) is 5.17. The van der Waals surface area contributed by atoms with Gasteiger partial charge in [0.15, 0.2) is 0 Å². The van der Waals surface area contributed by atoms with Crippen molar-refractivity contribution < 1.29 is 4.79 Å². The Labute approximate surface area is 125 Å². The molecular weight excluding hydrogens is 262 g/mol. The summed E-state index contributed by atoms with van der Waals surface area (Å²) in [7, 11) is 1.92. The van der Waals surface area contributed by atoms with Gasteiger partial charge in [-0.1, -0.05) is 12.1 Å². The molecule has 0 saturated carbocycles. The summed E-state index contributed by atoms with van der Waals surface area (Å²) in [6.45, 7) is 5.85. The summed E-state index contributed by atoms with van der Waals surface area (Å²) in [6.07, 6.45) is 0. The standard InChI is InChI=1S/C17H21N3O/c1-11-5-10-16(13(3)19-11)17(21)20-15-8-6-14(7-9-15)12(2)18-4/h5-10,12,18H,1-4H3,(H,20,21). The summed E-state index contributed by atoms with van der Waals surface area (Å²) in [6, 6.07) is 11.8. The Morgan fingerprint density at radius 2 is 1.76 bits per heavy atom. The van der Waals surface area contributed by atoms with E-state index in [0.29, 0.717) is 11.6 Å². The first-order valence-electron chi connectivity index (χ1n) is 7.04. The van der Waals surface area contributed by atoms with Crippen LogP contribution in [0.25, 0.3) is 0 Å². The van der Waals surface area contributed by atoms with Crippen molar-refractivity contribution in [1.82, 2.24) is 10.3 Å². The van der Waals surface area contributed by atoms with Crippen molar-refractivity contribution in [3.8, 4) is 0 Å². The van der Waals surface area contributed by atoms with Crippen LogP contribution in [0.5, 0.6) is 0 Å². The van der Waals surface area contributed by atoms with E-state index in [1.807, 2.05) is 57.3 Å². The van der Waals surface area contributed by atoms with Crippen LogP contribution in [0.1, 0.15) is 40.3 Å². The van der Waals surface area contributed by atoms with Gasteiger partial charge in [-0.25, -0.2) is 0 Å². The first-order chi connectivity index (χ1) is 10.0. The van der Waals surface area contributed by atoms with Crippen molar-refractivity contribution in [2.45, 2.75) is 26.8 Å². The van der Waals surface area contributed by atoms with E-state index in [2.05, 4.69) is 22.5 Å². The molecule has 1 amide bonds. The molecule has 21 heavy (non-hydrogen) atoms. The number of carbonyl (C=O) groups excluding carboxylic acids is 1. The van der Waals surface area contributed by atoms with E-state index >= 15 is 0 Å². The molecule has 2 N–H and O–H groups in total. The van der Waals surface area contributed by atoms with E-state index in [9.17, 15) is 4.79 Å². The Bertz CT molecular complexity index is 635. The molecule has 1 aromatic carbocycles. The first kappa shape index (κ1) is 15.2. The lowest BCUT2D eigenvalue weighted by molar-refractivity contribution is 0.102. The maximum absolute atomic E-state index is 12.3. The molecule has 1 unspecified atom stereocenters. The van der Waals surface area contributed by atoms with Gasteiger partial charge < -0.3 is 10.6 Å². The summed E-state index contributed by atoms with van der Waals surface area (Å²) in [5.74, 6) is -0.130. The van der Waals surface area contributed by atoms with Crippen LogP contribution in [-0.2, 0) is 0 Å². The Morgan fingerprint density at radius 1 is 1.10 bits per heavy atom. The maximum Gasteiger partial charge on any atom is 0.257 e. The zero-order valence-electron chi connectivity index (χ0n) is 12.9. The molecule has 4 nitrogen and oxygen atoms in total. The minimum atomic E-state index is -0.130. The van der Waals surface area contributed by atoms with E-state index < -0.39 is 0 Å². The van der Waals surface area contributed by atoms with Crippen LogP contribution in [0.4, 0.5) is 5.69 Å². The lowest BCUT2D eigenvalue weighted by Crippen LogP contribution is -2.15. The van der Waals surface area contributed by atoms with Gasteiger partial charge in [0.05, 0.1) is 11.3 Å². The number of aromatic nitrogens is 1. The van der Waals surface area contributed by atoms with Crippen LogP contribution in [-0.4, -0.2) is 17.9 Å². The van der Waals surface area contributed by atoms with Crippen molar-refractivity contribution in [3.63, 3.8) is 0 Å². The Balaban J connectivity index is 2.12. The second-order valence-corrected chi connectivity index (χ2v) is 5.17. The zero-order valence-corrected chi connectivity index (χ0v) is 12.9. The van der Waals surface area contributed by atoms with Crippen molar-refractivity contribution in [1.29, 1.82) is 0 Å². The molecule has 0 bridgehead atoms. The maximum atomic E-state index is 12.3. The number of pyridine rings is 1. The number of nitrogens with zero attached hydrogens (tertiary/aromatic N) is 1. The minimum Gasteiger partial charge on any atom is -0.322 e. The molecule has 0 aliphatic carbocycles. The van der Waals surface area contributed by atoms with E-state index in [0.717, 1.165) is 17.1 Å². The zero-order chi connectivity index (χ0) is 15.4. The molecule has 0 fully saturated rings. The van der Waals surface area contributed by atoms with Gasteiger partial charge in [0.1, 0.15) is 0 Å². The highest BCUT2D eigenvalue weighted by Crippen LogP contribution is 2.17. The molecule has 1 atom stereocenters. The first-order valence-corrected chi connectivity index (χ1v) is 7.04. The van der Waals surface area contributed by atoms with Crippen LogP contribution < -0.4 is 10.6 Å². The number of rotatable bonds is 4. The van der Waals surface area contributed by atoms with Crippen molar-refractivity contribution in [3.05, 3.63) is 58.9 Å². The molecule has 1 heterocycles. The number of benzene rings is 1. The van der Waals surface area contributed by atoms with Crippen molar-refractivity contribution in [2.75, 3.05) is 12.4 Å². The number of carbonyl (C=O) groups is 1. The topological polar surface area (TPSA) is 54.0 Å². The molecule has 0 aliphatic rings. The van der Waals surface area contributed by atoms with Gasteiger partial charge >= 0.3 is 0 Å². The fourth-order valence-corrected chi connectivity index (χ4v) is 2.15. The Kier molecular flexibility index (Phi) is 4.70. The van der Waals surface area contributed by atoms with Crippen molar-refractivity contribution in [2.24, 2.45) is 0 Å². The Morgan fingerprint density at radius 3 is 2.33 bits per heavy atom. The summed E-state index contributed by atoms with van der Waals surface area (Å²) in [4.78, 5) is 16.6. The van der Waals surface area contributed by atoms with Crippen LogP contribution in [0.3, 0.4) is 0 Å². The molecule has 2 aromatic rings. The minimum absolute atomic E-state index is 0.130. The van der Waals surface area contributed by atoms with Crippen LogP contribution >= 0.6 is 0 Å². The average molecular weight is 283 g/mol. The van der Waals surface area contributed by atoms with Gasteiger partial charge in [0.2, 0.25) is 0 Å². The lowest BCUT2D eigenvalue weighted by atomic mass is 10.1. The smallest absolute Gasteiger partial charge is 0.257 e. The highest BCUT2D eigenvalue weighted by molar-refractivity contribution is 6.04. The summed E-state index contributed by atoms with van der Waals surface area (Å²) in [5.41, 5.74) is 4.23. The van der Waals surface area contributed by atoms with Gasteiger partial charge in [0, 0.05) is 17.4 Å². The molecule has 0 saturated heterocycles. The largest absolute Gasteiger partial charge is 0.322 e. The number of anilines is 1. The monoisotopic (exact) mass is 283 g/mol. The third kappa shape index (κ3) is 3.67. The molecule has 4 heteroatoms. The normalized spacial score (nSPS) is 12.0. The van der Waals surface area contributed by atoms with Crippen LogP contribution in [0.2, 0.25) is 0 Å². The van der Waals surface area contributed by atoms with E-state index in [-0.39, 0.29) is 5.91 Å². The molecule has 0 aliphatic heterocycles. The predicted molar refractivity (Wildman–Crippen MR) is 85.6 cm³/mol. The number of hydrogen-bond donors (Lipinski definition) is 2. The molecule has 0 radical (unpaired) electrons. The lowest BCUT2D eigenvalue weighted by Gasteiger charge is -2.12. The molecular formula is C17H21N3O. The number of hydrogen-bond acceptors (Lipinski definition) is 3. The number of nitrogens with one attached hydrogen (secondary N) is 2. The van der Waals surface area contributed by atoms with Crippen LogP contribution in [0.15, 0.2) is 36.4 Å². The van der Waals surface area contributed by atoms with Gasteiger partial charge in [-0.2, -0.15) is 0 Å². The highest BCUT2D eigenvalue weighted by Gasteiger charge is 2.10. The quantitative estimate of drug-likeness (QED) is 0.905. The molecule has 1 aromatic heterocycles. The Hall–Kier alpha value is -2.20. The summed E-state index contributed by atoms with van der Waals surface area (Å²) in [5, 5.41) is 6.09. The van der Waals surface area contributed by atoms with E-state index in [4.69, 9.17) is 0 Å². The van der Waals surface area contributed by atoms with Gasteiger partial charge in [0.25, 0.3) is 5.91 Å². The van der Waals surface area contributed by atoms with Crippen LogP contribution in [0, 0.1) is 13.8 Å². The summed E-state index contributed by atoms with van der Waals surface area (Å²) >= 11 is 0. The van der Waals surface area contributed by atoms with E-state index in [1.54, 1.807) is 0 Å². The fourth-order valence-electron chi connectivity index (χ4n) is 2.15. The van der Waals surface area contributed by atoms with Crippen molar-refractivity contribution >= 4 is 11.6 Å². The van der Waals surface area contributed by atoms with Gasteiger partial charge in [-0.3, -0.25) is 9.78 Å². The predicted octanol–water partition coefficient (Wildman–Crippen LogP) is 3.23. The van der Waals surface area contributed by atoms with E-state index in [1.165, 1.54) is 5.56 Å². The third-order valence-electron chi connectivity index (χ3n) is 3.57. The number of aryl methyl sites for hydroxylation is 2. The SMILES string of the molecule is CNC(C)c1ccc(NC(=O)c2ccc(C)nc2C)cc1. The van der Waals surface area contributed by atoms with Gasteiger partial charge in [-0.05, 0) is 57.6 Å².